The Morgan fingerprint density at radius 3 is 2.56 bits per heavy atom. The fraction of sp³-hybridized carbons (Fsp3) is 0.250. The molecular formula is C16H15F3N2O4. The molecule has 0 atom stereocenters. The molecule has 0 bridgehead atoms. The number of esters is 1. The van der Waals surface area contributed by atoms with Crippen molar-refractivity contribution in [2.75, 3.05) is 20.3 Å². The highest BCUT2D eigenvalue weighted by atomic mass is 19.4. The molecule has 134 valence electrons. The van der Waals surface area contributed by atoms with Crippen LogP contribution in [0.5, 0.6) is 5.75 Å². The van der Waals surface area contributed by atoms with Gasteiger partial charge in [0.05, 0.1) is 13.7 Å². The van der Waals surface area contributed by atoms with E-state index < -0.39 is 18.1 Å². The molecule has 6 nitrogen and oxygen atoms in total. The molecule has 0 aliphatic carbocycles. The number of ether oxygens (including phenoxy) is 3. The highest BCUT2D eigenvalue weighted by molar-refractivity contribution is 5.87. The molecular weight excluding hydrogens is 341 g/mol. The summed E-state index contributed by atoms with van der Waals surface area (Å²) < 4.78 is 51.2. The quantitative estimate of drug-likeness (QED) is 0.446. The summed E-state index contributed by atoms with van der Waals surface area (Å²) in [6, 6.07) is 7.88. The van der Waals surface area contributed by atoms with Crippen LogP contribution in [0.15, 0.2) is 59.1 Å². The maximum absolute atomic E-state index is 12.4. The van der Waals surface area contributed by atoms with Gasteiger partial charge >= 0.3 is 12.3 Å². The minimum absolute atomic E-state index is 0.0283. The van der Waals surface area contributed by atoms with Gasteiger partial charge in [-0.2, -0.15) is 0 Å². The van der Waals surface area contributed by atoms with Crippen LogP contribution in [0.2, 0.25) is 0 Å². The Hall–Kier alpha value is -2.97. The Morgan fingerprint density at radius 2 is 2.00 bits per heavy atom. The molecule has 9 heteroatoms. The average molecular weight is 356 g/mol. The third-order valence-electron chi connectivity index (χ3n) is 2.95. The van der Waals surface area contributed by atoms with E-state index in [-0.39, 0.29) is 24.7 Å². The van der Waals surface area contributed by atoms with Crippen molar-refractivity contribution in [3.63, 3.8) is 0 Å². The van der Waals surface area contributed by atoms with E-state index in [2.05, 4.69) is 9.73 Å². The van der Waals surface area contributed by atoms with E-state index in [4.69, 9.17) is 9.47 Å². The smallest absolute Gasteiger partial charge is 0.495 e. The Bertz CT molecular complexity index is 684. The van der Waals surface area contributed by atoms with Crippen LogP contribution in [-0.4, -0.2) is 43.8 Å². The van der Waals surface area contributed by atoms with E-state index in [1.807, 2.05) is 0 Å². The molecule has 0 spiro atoms. The number of carbonyl (C=O) groups excluding carboxylic acids is 1. The lowest BCUT2D eigenvalue weighted by atomic mass is 10.3. The van der Waals surface area contributed by atoms with Crippen molar-refractivity contribution in [2.24, 2.45) is 4.99 Å². The third kappa shape index (κ3) is 5.87. The molecule has 1 aromatic carbocycles. The lowest BCUT2D eigenvalue weighted by Crippen LogP contribution is -2.28. The van der Waals surface area contributed by atoms with Crippen molar-refractivity contribution in [2.45, 2.75) is 6.36 Å². The van der Waals surface area contributed by atoms with E-state index in [9.17, 15) is 18.0 Å². The SMILES string of the molecule is COC(CN1C=CC=NC1)=C(Oc1ccccc1)C(=O)OC(F)(F)F. The Labute approximate surface area is 141 Å². The summed E-state index contributed by atoms with van der Waals surface area (Å²) in [5.74, 6) is -2.34. The van der Waals surface area contributed by atoms with E-state index >= 15 is 0 Å². The number of halogens is 3. The number of rotatable bonds is 6. The standard InChI is InChI=1S/C16H15F3N2O4/c1-23-13(10-21-9-5-8-20-11-21)14(15(22)25-16(17,18)19)24-12-6-3-2-4-7-12/h2-9H,10-11H2,1H3. The number of alkyl halides is 3. The van der Waals surface area contributed by atoms with Crippen LogP contribution in [0.25, 0.3) is 0 Å². The summed E-state index contributed by atoms with van der Waals surface area (Å²) in [5.41, 5.74) is 0. The van der Waals surface area contributed by atoms with Crippen LogP contribution in [0.3, 0.4) is 0 Å². The Balaban J connectivity index is 2.30. The maximum Gasteiger partial charge on any atom is 0.575 e. The number of hydrogen-bond acceptors (Lipinski definition) is 6. The van der Waals surface area contributed by atoms with Crippen LogP contribution in [0.4, 0.5) is 13.2 Å². The van der Waals surface area contributed by atoms with E-state index in [0.717, 1.165) is 0 Å². The summed E-state index contributed by atoms with van der Waals surface area (Å²) in [4.78, 5) is 17.5. The molecule has 0 unspecified atom stereocenters. The number of aliphatic imine (C=N–C) groups is 1. The molecule has 0 N–H and O–H groups in total. The highest BCUT2D eigenvalue weighted by Crippen LogP contribution is 2.23. The summed E-state index contributed by atoms with van der Waals surface area (Å²) in [7, 11) is 1.22. The molecule has 0 aromatic heterocycles. The first kappa shape index (κ1) is 18.4. The van der Waals surface area contributed by atoms with Crippen LogP contribution in [-0.2, 0) is 14.3 Å². The van der Waals surface area contributed by atoms with Gasteiger partial charge in [-0.3, -0.25) is 4.99 Å². The molecule has 0 amide bonds. The van der Waals surface area contributed by atoms with Crippen molar-refractivity contribution < 1.29 is 32.2 Å². The molecule has 1 aliphatic rings. The van der Waals surface area contributed by atoms with Crippen molar-refractivity contribution in [3.05, 3.63) is 54.1 Å². The number of methoxy groups -OCH3 is 1. The van der Waals surface area contributed by atoms with Crippen LogP contribution < -0.4 is 4.74 Å². The first-order chi connectivity index (χ1) is 11.9. The first-order valence-corrected chi connectivity index (χ1v) is 7.10. The van der Waals surface area contributed by atoms with Gasteiger partial charge in [0.15, 0.2) is 5.76 Å². The average Bonchev–Trinajstić information content (AvgIpc) is 2.58. The molecule has 0 fully saturated rings. The van der Waals surface area contributed by atoms with Gasteiger partial charge in [-0.25, -0.2) is 4.79 Å². The molecule has 1 aromatic rings. The number of nitrogens with zero attached hydrogens (tertiary/aromatic N) is 2. The number of para-hydroxylation sites is 1. The molecule has 2 rings (SSSR count). The largest absolute Gasteiger partial charge is 0.575 e. The van der Waals surface area contributed by atoms with Gasteiger partial charge in [-0.15, -0.1) is 13.2 Å². The topological polar surface area (TPSA) is 60.4 Å². The van der Waals surface area contributed by atoms with Gasteiger partial charge in [0.2, 0.25) is 0 Å². The molecule has 0 radical (unpaired) electrons. The fourth-order valence-corrected chi connectivity index (χ4v) is 1.91. The second kappa shape index (κ2) is 8.22. The zero-order valence-corrected chi connectivity index (χ0v) is 13.2. The highest BCUT2D eigenvalue weighted by Gasteiger charge is 2.37. The lowest BCUT2D eigenvalue weighted by molar-refractivity contribution is -0.304. The summed E-state index contributed by atoms with van der Waals surface area (Å²) in [5, 5.41) is 0. The third-order valence-corrected chi connectivity index (χ3v) is 2.95. The van der Waals surface area contributed by atoms with Crippen LogP contribution in [0, 0.1) is 0 Å². The summed E-state index contributed by atoms with van der Waals surface area (Å²) >= 11 is 0. The number of allylic oxidation sites excluding steroid dienone is 1. The summed E-state index contributed by atoms with van der Waals surface area (Å²) in [6.07, 6.45) is -0.271. The van der Waals surface area contributed by atoms with Gasteiger partial charge in [0.25, 0.3) is 5.76 Å². The minimum Gasteiger partial charge on any atom is -0.495 e. The van der Waals surface area contributed by atoms with Gasteiger partial charge in [0, 0.05) is 12.4 Å². The van der Waals surface area contributed by atoms with Crippen molar-refractivity contribution >= 4 is 12.2 Å². The molecule has 0 saturated carbocycles. The Kier molecular flexibility index (Phi) is 6.04. The number of benzene rings is 1. The molecule has 0 saturated heterocycles. The monoisotopic (exact) mass is 356 g/mol. The fourth-order valence-electron chi connectivity index (χ4n) is 1.91. The van der Waals surface area contributed by atoms with Crippen molar-refractivity contribution in [1.82, 2.24) is 4.90 Å². The molecule has 1 aliphatic heterocycles. The Morgan fingerprint density at radius 1 is 1.28 bits per heavy atom. The van der Waals surface area contributed by atoms with E-state index in [0.29, 0.717) is 0 Å². The van der Waals surface area contributed by atoms with Crippen molar-refractivity contribution in [3.8, 4) is 5.75 Å². The molecule has 25 heavy (non-hydrogen) atoms. The number of carbonyl (C=O) groups is 1. The normalized spacial score (nSPS) is 14.8. The first-order valence-electron chi connectivity index (χ1n) is 7.10. The number of hydrogen-bond donors (Lipinski definition) is 0. The lowest BCUT2D eigenvalue weighted by Gasteiger charge is -2.22. The zero-order valence-electron chi connectivity index (χ0n) is 13.2. The molecule has 1 heterocycles. The van der Waals surface area contributed by atoms with Gasteiger partial charge in [0.1, 0.15) is 12.4 Å². The second-order valence-electron chi connectivity index (χ2n) is 4.77. The summed E-state index contributed by atoms with van der Waals surface area (Å²) in [6.45, 7) is 0.232. The van der Waals surface area contributed by atoms with Gasteiger partial charge < -0.3 is 19.1 Å². The second-order valence-corrected chi connectivity index (χ2v) is 4.77. The van der Waals surface area contributed by atoms with Gasteiger partial charge in [-0.1, -0.05) is 18.2 Å². The van der Waals surface area contributed by atoms with Gasteiger partial charge in [-0.05, 0) is 18.2 Å². The zero-order chi connectivity index (χ0) is 18.3. The minimum atomic E-state index is -5.14. The maximum atomic E-state index is 12.4. The predicted molar refractivity (Wildman–Crippen MR) is 82.5 cm³/mol. The van der Waals surface area contributed by atoms with Crippen molar-refractivity contribution in [1.29, 1.82) is 0 Å². The van der Waals surface area contributed by atoms with Crippen LogP contribution in [0.1, 0.15) is 0 Å². The van der Waals surface area contributed by atoms with E-state index in [1.165, 1.54) is 19.2 Å². The van der Waals surface area contributed by atoms with E-state index in [1.54, 1.807) is 41.6 Å². The van der Waals surface area contributed by atoms with Crippen LogP contribution >= 0.6 is 0 Å². The predicted octanol–water partition coefficient (Wildman–Crippen LogP) is 2.84.